The van der Waals surface area contributed by atoms with E-state index in [1.807, 2.05) is 0 Å². The molecule has 33 heavy (non-hydrogen) atoms. The van der Waals surface area contributed by atoms with Crippen molar-refractivity contribution in [3.8, 4) is 11.5 Å². The van der Waals surface area contributed by atoms with Crippen LogP contribution in [0.1, 0.15) is 24.3 Å². The summed E-state index contributed by atoms with van der Waals surface area (Å²) in [5.74, 6) is -6.43. The van der Waals surface area contributed by atoms with Gasteiger partial charge in [0.25, 0.3) is 23.6 Å². The Balaban J connectivity index is 1.78. The molecule has 2 heterocycles. The van der Waals surface area contributed by atoms with Crippen LogP contribution in [0.15, 0.2) is 29.8 Å². The Kier molecular flexibility index (Phi) is 4.67. The topological polar surface area (TPSA) is 124 Å². The highest BCUT2D eigenvalue weighted by Gasteiger charge is 2.76. The SMILES string of the molecule is COc1ccc(O)c(C2C3=CCC4C(=O)N(O)C(=O)C4C3CC3(Cl)C(=O)N(C)C(=O)C23Cl)c1. The van der Waals surface area contributed by atoms with E-state index in [1.165, 1.54) is 32.4 Å². The number of imide groups is 2. The van der Waals surface area contributed by atoms with Gasteiger partial charge in [-0.3, -0.25) is 29.3 Å². The Hall–Kier alpha value is -2.62. The molecule has 1 aromatic carbocycles. The number of hydroxylamine groups is 2. The van der Waals surface area contributed by atoms with E-state index in [2.05, 4.69) is 0 Å². The summed E-state index contributed by atoms with van der Waals surface area (Å²) in [6.07, 6.45) is 1.64. The van der Waals surface area contributed by atoms with Crippen LogP contribution in [-0.4, -0.2) is 67.8 Å². The second-order valence-corrected chi connectivity index (χ2v) is 10.2. The van der Waals surface area contributed by atoms with Crippen molar-refractivity contribution in [2.75, 3.05) is 14.2 Å². The zero-order valence-electron chi connectivity index (χ0n) is 17.6. The number of allylic oxidation sites excluding steroid dienone is 2. The first-order chi connectivity index (χ1) is 15.5. The number of rotatable bonds is 2. The summed E-state index contributed by atoms with van der Waals surface area (Å²) in [4.78, 5) is 48.8. The predicted octanol–water partition coefficient (Wildman–Crippen LogP) is 1.78. The molecule has 2 N–H and O–H groups in total. The number of carbonyl (C=O) groups excluding carboxylic acids is 4. The standard InChI is InChI=1S/C22H20Cl2N2O7/c1-25-19(30)21(23)8-13-10(4-5-11-15(13)18(29)26(32)17(11)28)16(22(21,24)20(25)31)12-7-9(33-2)3-6-14(12)27/h3-4,6-7,11,13,15-16,27,32H,5,8H2,1-2H3. The molecule has 0 aromatic heterocycles. The van der Waals surface area contributed by atoms with Gasteiger partial charge in [-0.05, 0) is 37.0 Å². The van der Waals surface area contributed by atoms with Crippen LogP contribution in [0.2, 0.25) is 0 Å². The van der Waals surface area contributed by atoms with Gasteiger partial charge in [0.05, 0.1) is 18.9 Å². The molecule has 1 saturated carbocycles. The fourth-order valence-electron chi connectivity index (χ4n) is 5.96. The Labute approximate surface area is 198 Å². The molecular formula is C22H20Cl2N2O7. The largest absolute Gasteiger partial charge is 0.508 e. The van der Waals surface area contributed by atoms with Gasteiger partial charge < -0.3 is 9.84 Å². The first kappa shape index (κ1) is 22.2. The molecular weight excluding hydrogens is 475 g/mol. The Bertz CT molecular complexity index is 1170. The van der Waals surface area contributed by atoms with Crippen molar-refractivity contribution in [3.63, 3.8) is 0 Å². The molecule has 1 aromatic rings. The van der Waals surface area contributed by atoms with E-state index in [-0.39, 0.29) is 29.2 Å². The molecule has 3 fully saturated rings. The molecule has 11 heteroatoms. The average Bonchev–Trinajstić information content (AvgIpc) is 3.09. The average molecular weight is 495 g/mol. The quantitative estimate of drug-likeness (QED) is 0.277. The van der Waals surface area contributed by atoms with Gasteiger partial charge in [0.2, 0.25) is 0 Å². The number of amides is 4. The van der Waals surface area contributed by atoms with Crippen molar-refractivity contribution in [2.45, 2.75) is 28.5 Å². The number of phenols is 1. The smallest absolute Gasteiger partial charge is 0.257 e. The van der Waals surface area contributed by atoms with Crippen molar-refractivity contribution in [1.29, 1.82) is 0 Å². The minimum atomic E-state index is -2.00. The van der Waals surface area contributed by atoms with Crippen molar-refractivity contribution >= 4 is 46.8 Å². The molecule has 0 bridgehead atoms. The second-order valence-electron chi connectivity index (χ2n) is 8.91. The lowest BCUT2D eigenvalue weighted by atomic mass is 9.56. The van der Waals surface area contributed by atoms with Crippen molar-refractivity contribution in [1.82, 2.24) is 9.96 Å². The van der Waals surface area contributed by atoms with Crippen LogP contribution < -0.4 is 4.74 Å². The van der Waals surface area contributed by atoms with Crippen molar-refractivity contribution < 1.29 is 34.2 Å². The van der Waals surface area contributed by atoms with Crippen LogP contribution in [-0.2, 0) is 19.2 Å². The molecule has 4 aliphatic rings. The van der Waals surface area contributed by atoms with E-state index < -0.39 is 57.0 Å². The third kappa shape index (κ3) is 2.53. The number of phenolic OH excluding ortho intramolecular Hbond substituents is 1. The second kappa shape index (κ2) is 6.94. The number of aromatic hydroxyl groups is 1. The minimum Gasteiger partial charge on any atom is -0.508 e. The van der Waals surface area contributed by atoms with Crippen LogP contribution in [0.3, 0.4) is 0 Å². The van der Waals surface area contributed by atoms with Gasteiger partial charge >= 0.3 is 0 Å². The molecule has 0 spiro atoms. The lowest BCUT2D eigenvalue weighted by Gasteiger charge is -2.50. The Morgan fingerprint density at radius 3 is 2.45 bits per heavy atom. The van der Waals surface area contributed by atoms with Gasteiger partial charge in [-0.1, -0.05) is 11.6 Å². The lowest BCUT2D eigenvalue weighted by molar-refractivity contribution is -0.173. The maximum Gasteiger partial charge on any atom is 0.257 e. The summed E-state index contributed by atoms with van der Waals surface area (Å²) < 4.78 is 5.28. The molecule has 2 aliphatic carbocycles. The van der Waals surface area contributed by atoms with Gasteiger partial charge in [-0.2, -0.15) is 5.06 Å². The van der Waals surface area contributed by atoms with E-state index in [9.17, 15) is 29.5 Å². The number of benzene rings is 1. The number of halogens is 2. The van der Waals surface area contributed by atoms with Crippen molar-refractivity contribution in [2.24, 2.45) is 17.8 Å². The number of nitrogens with zero attached hydrogens (tertiary/aromatic N) is 2. The maximum atomic E-state index is 13.4. The molecule has 9 nitrogen and oxygen atoms in total. The van der Waals surface area contributed by atoms with Crippen LogP contribution in [0.5, 0.6) is 11.5 Å². The van der Waals surface area contributed by atoms with Gasteiger partial charge in [0.15, 0.2) is 9.75 Å². The molecule has 0 radical (unpaired) electrons. The third-order valence-corrected chi connectivity index (χ3v) is 8.95. The molecule has 5 rings (SSSR count). The molecule has 4 amide bonds. The fourth-order valence-corrected chi connectivity index (χ4v) is 6.97. The number of carbonyl (C=O) groups is 4. The number of likely N-dealkylation sites (tertiary alicyclic amines) is 1. The van der Waals surface area contributed by atoms with Gasteiger partial charge in [0.1, 0.15) is 11.5 Å². The predicted molar refractivity (Wildman–Crippen MR) is 114 cm³/mol. The normalized spacial score (nSPS) is 37.7. The summed E-state index contributed by atoms with van der Waals surface area (Å²) in [5, 5.41) is 20.9. The summed E-state index contributed by atoms with van der Waals surface area (Å²) in [6.45, 7) is 0. The minimum absolute atomic E-state index is 0.112. The van der Waals surface area contributed by atoms with E-state index in [0.29, 0.717) is 11.3 Å². The highest BCUT2D eigenvalue weighted by atomic mass is 35.5. The van der Waals surface area contributed by atoms with Crippen molar-refractivity contribution in [3.05, 3.63) is 35.4 Å². The highest BCUT2D eigenvalue weighted by Crippen LogP contribution is 2.66. The zero-order valence-corrected chi connectivity index (χ0v) is 19.1. The van der Waals surface area contributed by atoms with Crippen LogP contribution in [0, 0.1) is 17.8 Å². The third-order valence-electron chi connectivity index (χ3n) is 7.54. The number of methoxy groups -OCH3 is 1. The maximum absolute atomic E-state index is 13.4. The number of hydrogen-bond donors (Lipinski definition) is 2. The lowest BCUT2D eigenvalue weighted by Crippen LogP contribution is -2.60. The van der Waals surface area contributed by atoms with E-state index in [0.717, 1.165) is 4.90 Å². The number of fused-ring (bicyclic) bond motifs is 4. The zero-order chi connectivity index (χ0) is 24.0. The summed E-state index contributed by atoms with van der Waals surface area (Å²) in [6, 6.07) is 4.41. The molecule has 6 atom stereocenters. The molecule has 2 aliphatic heterocycles. The first-order valence-corrected chi connectivity index (χ1v) is 11.1. The van der Waals surface area contributed by atoms with Gasteiger partial charge in [-0.25, -0.2) is 0 Å². The van der Waals surface area contributed by atoms with Gasteiger partial charge in [0, 0.05) is 18.5 Å². The van der Waals surface area contributed by atoms with E-state index in [1.54, 1.807) is 6.08 Å². The Morgan fingerprint density at radius 1 is 1.09 bits per heavy atom. The highest BCUT2D eigenvalue weighted by molar-refractivity contribution is 6.53. The van der Waals surface area contributed by atoms with Gasteiger partial charge in [-0.15, -0.1) is 23.2 Å². The number of ether oxygens (including phenoxy) is 1. The Morgan fingerprint density at radius 2 is 1.79 bits per heavy atom. The fraction of sp³-hybridized carbons (Fsp3) is 0.455. The summed E-state index contributed by atoms with van der Waals surface area (Å²) >= 11 is 13.9. The van der Waals surface area contributed by atoms with Crippen LogP contribution >= 0.6 is 23.2 Å². The molecule has 2 saturated heterocycles. The summed E-state index contributed by atoms with van der Waals surface area (Å²) in [7, 11) is 2.71. The number of hydrogen-bond acceptors (Lipinski definition) is 7. The van der Waals surface area contributed by atoms with E-state index >= 15 is 0 Å². The molecule has 174 valence electrons. The molecule has 6 unspecified atom stereocenters. The van der Waals surface area contributed by atoms with Crippen LogP contribution in [0.4, 0.5) is 0 Å². The van der Waals surface area contributed by atoms with E-state index in [4.69, 9.17) is 27.9 Å². The summed E-state index contributed by atoms with van der Waals surface area (Å²) in [5.41, 5.74) is 0.719. The first-order valence-electron chi connectivity index (χ1n) is 10.3. The monoisotopic (exact) mass is 494 g/mol. The number of alkyl halides is 2. The van der Waals surface area contributed by atoms with Crippen LogP contribution in [0.25, 0.3) is 0 Å².